The molecule has 7 nitrogen and oxygen atoms in total. The van der Waals surface area contributed by atoms with Gasteiger partial charge in [0.25, 0.3) is 0 Å². The fourth-order valence-corrected chi connectivity index (χ4v) is 6.75. The number of fused-ring (bicyclic) bond motifs is 1. The molecule has 3 atom stereocenters. The second kappa shape index (κ2) is 16.0. The normalized spacial score (nSPS) is 18.2. The Morgan fingerprint density at radius 2 is 1.59 bits per heavy atom. The average molecular weight is 652 g/mol. The van der Waals surface area contributed by atoms with Gasteiger partial charge in [-0.1, -0.05) is 67.9 Å². The van der Waals surface area contributed by atoms with Gasteiger partial charge in [0.15, 0.2) is 0 Å². The SMILES string of the molecule is CCN(CC)CCC(c1c(F)cccc1F)N1CCN(C(=O)C(Cc2ccc(Cl)cc2)NC(=O)C2Cc3ccccc3CN2)CC1. The smallest absolute Gasteiger partial charge is 0.245 e. The van der Waals surface area contributed by atoms with E-state index in [-0.39, 0.29) is 17.4 Å². The summed E-state index contributed by atoms with van der Waals surface area (Å²) in [5.41, 5.74) is 3.27. The number of halogens is 3. The van der Waals surface area contributed by atoms with Crippen LogP contribution in [0.1, 0.15) is 48.6 Å². The monoisotopic (exact) mass is 651 g/mol. The van der Waals surface area contributed by atoms with Crippen molar-refractivity contribution in [3.8, 4) is 0 Å². The summed E-state index contributed by atoms with van der Waals surface area (Å²) < 4.78 is 30.1. The number of benzene rings is 3. The van der Waals surface area contributed by atoms with Crippen LogP contribution in [-0.4, -0.2) is 84.4 Å². The van der Waals surface area contributed by atoms with Crippen LogP contribution in [-0.2, 0) is 29.0 Å². The second-order valence-electron chi connectivity index (χ2n) is 12.1. The van der Waals surface area contributed by atoms with Gasteiger partial charge in [-0.25, -0.2) is 8.78 Å². The summed E-state index contributed by atoms with van der Waals surface area (Å²) in [4.78, 5) is 33.7. The minimum atomic E-state index is -0.776. The number of carbonyl (C=O) groups is 2. The number of rotatable bonds is 12. The first kappa shape index (κ1) is 34.0. The van der Waals surface area contributed by atoms with Crippen molar-refractivity contribution >= 4 is 23.4 Å². The summed E-state index contributed by atoms with van der Waals surface area (Å²) in [6, 6.07) is 17.7. The fourth-order valence-electron chi connectivity index (χ4n) is 6.63. The zero-order valence-electron chi connectivity index (χ0n) is 26.7. The van der Waals surface area contributed by atoms with Crippen molar-refractivity contribution in [1.29, 1.82) is 0 Å². The summed E-state index contributed by atoms with van der Waals surface area (Å²) in [5, 5.41) is 6.97. The molecule has 46 heavy (non-hydrogen) atoms. The second-order valence-corrected chi connectivity index (χ2v) is 12.6. The summed E-state index contributed by atoms with van der Waals surface area (Å²) in [6.45, 7) is 8.87. The van der Waals surface area contributed by atoms with E-state index >= 15 is 8.78 Å². The van der Waals surface area contributed by atoms with Crippen molar-refractivity contribution in [2.75, 3.05) is 45.8 Å². The van der Waals surface area contributed by atoms with Gasteiger partial charge in [0, 0.05) is 55.8 Å². The predicted octanol–water partition coefficient (Wildman–Crippen LogP) is 4.98. The molecule has 3 aromatic rings. The van der Waals surface area contributed by atoms with Gasteiger partial charge in [0.05, 0.1) is 6.04 Å². The Labute approximate surface area is 275 Å². The molecule has 0 aliphatic carbocycles. The van der Waals surface area contributed by atoms with Crippen molar-refractivity contribution < 1.29 is 18.4 Å². The first-order chi connectivity index (χ1) is 22.3. The van der Waals surface area contributed by atoms with Gasteiger partial charge in [-0.05, 0) is 73.4 Å². The van der Waals surface area contributed by atoms with Gasteiger partial charge in [-0.2, -0.15) is 0 Å². The third kappa shape index (κ3) is 8.31. The Kier molecular flexibility index (Phi) is 11.8. The molecule has 2 heterocycles. The van der Waals surface area contributed by atoms with Gasteiger partial charge in [0.1, 0.15) is 17.7 Å². The minimum Gasteiger partial charge on any atom is -0.343 e. The lowest BCUT2D eigenvalue weighted by molar-refractivity contribution is -0.138. The van der Waals surface area contributed by atoms with E-state index in [1.165, 1.54) is 23.8 Å². The number of nitrogens with one attached hydrogen (secondary N) is 2. The number of nitrogens with zero attached hydrogens (tertiary/aromatic N) is 3. The highest BCUT2D eigenvalue weighted by Crippen LogP contribution is 2.30. The van der Waals surface area contributed by atoms with E-state index in [1.807, 2.05) is 30.3 Å². The molecule has 0 bridgehead atoms. The molecule has 1 fully saturated rings. The van der Waals surface area contributed by atoms with E-state index in [2.05, 4.69) is 40.3 Å². The van der Waals surface area contributed by atoms with E-state index in [0.29, 0.717) is 63.6 Å². The highest BCUT2D eigenvalue weighted by atomic mass is 35.5. The number of amides is 2. The third-order valence-corrected chi connectivity index (χ3v) is 9.63. The van der Waals surface area contributed by atoms with Crippen LogP contribution in [0.5, 0.6) is 0 Å². The molecule has 0 saturated carbocycles. The molecular formula is C36H44ClF2N5O2. The number of hydrogen-bond donors (Lipinski definition) is 2. The predicted molar refractivity (Wildman–Crippen MR) is 178 cm³/mol. The van der Waals surface area contributed by atoms with Crippen LogP contribution in [0.2, 0.25) is 5.02 Å². The van der Waals surface area contributed by atoms with Gasteiger partial charge in [-0.3, -0.25) is 14.5 Å². The quantitative estimate of drug-likeness (QED) is 0.289. The van der Waals surface area contributed by atoms with Crippen molar-refractivity contribution in [1.82, 2.24) is 25.3 Å². The van der Waals surface area contributed by atoms with Gasteiger partial charge >= 0.3 is 0 Å². The number of hydrogen-bond acceptors (Lipinski definition) is 5. The molecule has 5 rings (SSSR count). The molecule has 0 aromatic heterocycles. The Bertz CT molecular complexity index is 1460. The fraction of sp³-hybridized carbons (Fsp3) is 0.444. The molecule has 0 spiro atoms. The first-order valence-corrected chi connectivity index (χ1v) is 16.7. The third-order valence-electron chi connectivity index (χ3n) is 9.38. The van der Waals surface area contributed by atoms with Crippen LogP contribution in [0.4, 0.5) is 8.78 Å². The Hall–Kier alpha value is -3.37. The molecule has 2 aliphatic heterocycles. The van der Waals surface area contributed by atoms with Crippen LogP contribution in [0.15, 0.2) is 66.7 Å². The van der Waals surface area contributed by atoms with Crippen molar-refractivity contribution in [2.24, 2.45) is 0 Å². The van der Waals surface area contributed by atoms with Crippen LogP contribution in [0.25, 0.3) is 0 Å². The minimum absolute atomic E-state index is 0.0869. The number of carbonyl (C=O) groups excluding carboxylic acids is 2. The van der Waals surface area contributed by atoms with Crippen molar-refractivity contribution in [2.45, 2.75) is 57.8 Å². The zero-order chi connectivity index (χ0) is 32.6. The molecule has 0 radical (unpaired) electrons. The average Bonchev–Trinajstić information content (AvgIpc) is 3.08. The van der Waals surface area contributed by atoms with Crippen LogP contribution < -0.4 is 10.6 Å². The topological polar surface area (TPSA) is 67.9 Å². The van der Waals surface area contributed by atoms with E-state index in [4.69, 9.17) is 11.6 Å². The van der Waals surface area contributed by atoms with Crippen molar-refractivity contribution in [3.63, 3.8) is 0 Å². The van der Waals surface area contributed by atoms with E-state index in [0.717, 1.165) is 24.2 Å². The Morgan fingerprint density at radius 1 is 0.935 bits per heavy atom. The molecule has 2 N–H and O–H groups in total. The van der Waals surface area contributed by atoms with Crippen LogP contribution >= 0.6 is 11.6 Å². The summed E-state index contributed by atoms with van der Waals surface area (Å²) in [5.74, 6) is -1.48. The van der Waals surface area contributed by atoms with E-state index in [1.54, 1.807) is 17.0 Å². The zero-order valence-corrected chi connectivity index (χ0v) is 27.4. The van der Waals surface area contributed by atoms with E-state index < -0.39 is 29.8 Å². The van der Waals surface area contributed by atoms with Gasteiger partial charge < -0.3 is 20.4 Å². The molecule has 246 valence electrons. The lowest BCUT2D eigenvalue weighted by Crippen LogP contribution is -2.58. The molecule has 3 aromatic carbocycles. The van der Waals surface area contributed by atoms with Crippen LogP contribution in [0.3, 0.4) is 0 Å². The first-order valence-electron chi connectivity index (χ1n) is 16.3. The Morgan fingerprint density at radius 3 is 2.24 bits per heavy atom. The van der Waals surface area contributed by atoms with Gasteiger partial charge in [-0.15, -0.1) is 0 Å². The summed E-state index contributed by atoms with van der Waals surface area (Å²) >= 11 is 6.11. The Balaban J connectivity index is 1.29. The molecule has 3 unspecified atom stereocenters. The lowest BCUT2D eigenvalue weighted by Gasteiger charge is -2.41. The molecule has 1 saturated heterocycles. The molecular weight excluding hydrogens is 608 g/mol. The van der Waals surface area contributed by atoms with Gasteiger partial charge in [0.2, 0.25) is 11.8 Å². The summed E-state index contributed by atoms with van der Waals surface area (Å²) in [7, 11) is 0. The molecule has 10 heteroatoms. The van der Waals surface area contributed by atoms with Crippen LogP contribution in [0, 0.1) is 11.6 Å². The maximum Gasteiger partial charge on any atom is 0.245 e. The highest BCUT2D eigenvalue weighted by Gasteiger charge is 2.34. The largest absolute Gasteiger partial charge is 0.343 e. The van der Waals surface area contributed by atoms with Crippen molar-refractivity contribution in [3.05, 3.63) is 106 Å². The maximum atomic E-state index is 15.0. The lowest BCUT2D eigenvalue weighted by atomic mass is 9.95. The highest BCUT2D eigenvalue weighted by molar-refractivity contribution is 6.30. The summed E-state index contributed by atoms with van der Waals surface area (Å²) in [6.07, 6.45) is 1.43. The number of piperazine rings is 1. The van der Waals surface area contributed by atoms with E-state index in [9.17, 15) is 9.59 Å². The standard InChI is InChI=1S/C36H44ClF2N5O2/c1-3-42(4-2)17-16-33(34-29(38)10-7-11-30(34)39)43-18-20-44(21-19-43)36(46)32(22-25-12-14-28(37)15-13-25)41-35(45)31-23-26-8-5-6-9-27(26)24-40-31/h5-15,31-33,40H,3-4,16-24H2,1-2H3,(H,41,45). The maximum absolute atomic E-state index is 15.0. The molecule has 2 amide bonds. The molecule has 2 aliphatic rings.